The molecule has 1 aliphatic heterocycles. The first-order chi connectivity index (χ1) is 9.15. The molecule has 2 nitrogen and oxygen atoms in total. The van der Waals surface area contributed by atoms with E-state index in [1.807, 2.05) is 24.3 Å². The van der Waals surface area contributed by atoms with E-state index in [1.165, 1.54) is 32.4 Å². The summed E-state index contributed by atoms with van der Waals surface area (Å²) in [5.41, 5.74) is 0.927. The van der Waals surface area contributed by atoms with Crippen molar-refractivity contribution >= 4 is 11.6 Å². The Morgan fingerprint density at radius 1 is 1.37 bits per heavy atom. The smallest absolute Gasteiger partial charge is 0.0802 e. The fraction of sp³-hybridized carbons (Fsp3) is 0.625. The van der Waals surface area contributed by atoms with E-state index >= 15 is 0 Å². The summed E-state index contributed by atoms with van der Waals surface area (Å²) in [4.78, 5) is 2.48. The first-order valence-electron chi connectivity index (χ1n) is 7.31. The molecule has 3 heteroatoms. The number of rotatable bonds is 4. The van der Waals surface area contributed by atoms with Gasteiger partial charge in [-0.3, -0.25) is 0 Å². The Morgan fingerprint density at radius 2 is 2.21 bits per heavy atom. The fourth-order valence-corrected chi connectivity index (χ4v) is 2.93. The topological polar surface area (TPSA) is 23.5 Å². The number of halogens is 1. The molecule has 2 rings (SSSR count). The second-order valence-electron chi connectivity index (χ2n) is 5.74. The van der Waals surface area contributed by atoms with Crippen LogP contribution in [0.3, 0.4) is 0 Å². The highest BCUT2D eigenvalue weighted by atomic mass is 35.5. The summed E-state index contributed by atoms with van der Waals surface area (Å²) >= 11 is 5.95. The zero-order valence-electron chi connectivity index (χ0n) is 11.7. The average Bonchev–Trinajstić information content (AvgIpc) is 2.61. The number of aliphatic hydroxyl groups is 1. The van der Waals surface area contributed by atoms with Crippen LogP contribution in [-0.4, -0.2) is 29.6 Å². The monoisotopic (exact) mass is 281 g/mol. The van der Waals surface area contributed by atoms with E-state index in [-0.39, 0.29) is 0 Å². The van der Waals surface area contributed by atoms with Crippen LogP contribution in [-0.2, 0) is 0 Å². The predicted molar refractivity (Wildman–Crippen MR) is 80.5 cm³/mol. The molecule has 0 amide bonds. The molecule has 0 aromatic heterocycles. The molecule has 1 N–H and O–H groups in total. The van der Waals surface area contributed by atoms with Crippen LogP contribution in [0.15, 0.2) is 24.3 Å². The van der Waals surface area contributed by atoms with E-state index in [1.54, 1.807) is 0 Å². The number of nitrogens with zero attached hydrogens (tertiary/aromatic N) is 1. The highest BCUT2D eigenvalue weighted by Crippen LogP contribution is 2.22. The van der Waals surface area contributed by atoms with E-state index in [9.17, 15) is 5.11 Å². The van der Waals surface area contributed by atoms with Crippen LogP contribution >= 0.6 is 11.6 Å². The van der Waals surface area contributed by atoms with Gasteiger partial charge in [0.15, 0.2) is 0 Å². The van der Waals surface area contributed by atoms with E-state index in [2.05, 4.69) is 11.8 Å². The molecule has 0 radical (unpaired) electrons. The van der Waals surface area contributed by atoms with Gasteiger partial charge in [0.2, 0.25) is 0 Å². The summed E-state index contributed by atoms with van der Waals surface area (Å²) in [5.74, 6) is 0.850. The normalized spacial score (nSPS) is 23.0. The van der Waals surface area contributed by atoms with Crippen molar-refractivity contribution in [3.05, 3.63) is 34.9 Å². The van der Waals surface area contributed by atoms with Crippen LogP contribution in [0.25, 0.3) is 0 Å². The van der Waals surface area contributed by atoms with Crippen molar-refractivity contribution in [1.82, 2.24) is 4.90 Å². The van der Waals surface area contributed by atoms with E-state index in [0.717, 1.165) is 24.4 Å². The third kappa shape index (κ3) is 4.79. The highest BCUT2D eigenvalue weighted by molar-refractivity contribution is 6.30. The van der Waals surface area contributed by atoms with Gasteiger partial charge in [-0.25, -0.2) is 0 Å². The van der Waals surface area contributed by atoms with Crippen LogP contribution in [0, 0.1) is 5.92 Å². The van der Waals surface area contributed by atoms with Gasteiger partial charge in [0.25, 0.3) is 0 Å². The molecule has 1 aromatic rings. The van der Waals surface area contributed by atoms with E-state index in [0.29, 0.717) is 5.02 Å². The number of aliphatic hydroxyl groups excluding tert-OH is 1. The van der Waals surface area contributed by atoms with Crippen LogP contribution in [0.2, 0.25) is 5.02 Å². The van der Waals surface area contributed by atoms with Gasteiger partial charge in [-0.05, 0) is 62.4 Å². The molecular formula is C16H24ClNO. The van der Waals surface area contributed by atoms with Crippen molar-refractivity contribution in [1.29, 1.82) is 0 Å². The molecule has 2 atom stereocenters. The Kier molecular flexibility index (Phi) is 5.68. The zero-order chi connectivity index (χ0) is 13.7. The molecular weight excluding hydrogens is 258 g/mol. The summed E-state index contributed by atoms with van der Waals surface area (Å²) in [6.07, 6.45) is 4.29. The lowest BCUT2D eigenvalue weighted by Gasteiger charge is -2.21. The second-order valence-corrected chi connectivity index (χ2v) is 6.17. The summed E-state index contributed by atoms with van der Waals surface area (Å²) in [7, 11) is 0. The number of hydrogen-bond donors (Lipinski definition) is 1. The summed E-state index contributed by atoms with van der Waals surface area (Å²) in [6, 6.07) is 7.54. The van der Waals surface area contributed by atoms with Crippen LogP contribution < -0.4 is 0 Å². The van der Waals surface area contributed by atoms with Crippen molar-refractivity contribution in [3.8, 4) is 0 Å². The Balaban J connectivity index is 1.81. The Labute approximate surface area is 121 Å². The molecule has 106 valence electrons. The predicted octanol–water partition coefficient (Wildman–Crippen LogP) is 3.89. The molecule has 0 bridgehead atoms. The minimum atomic E-state index is -0.403. The van der Waals surface area contributed by atoms with Gasteiger partial charge in [-0.15, -0.1) is 0 Å². The highest BCUT2D eigenvalue weighted by Gasteiger charge is 2.15. The van der Waals surface area contributed by atoms with Gasteiger partial charge in [-0.1, -0.05) is 30.7 Å². The van der Waals surface area contributed by atoms with Crippen molar-refractivity contribution < 1.29 is 5.11 Å². The van der Waals surface area contributed by atoms with Gasteiger partial charge in [0.05, 0.1) is 6.10 Å². The minimum absolute atomic E-state index is 0.403. The molecule has 1 fully saturated rings. The summed E-state index contributed by atoms with van der Waals surface area (Å²) in [5, 5.41) is 10.9. The maximum Gasteiger partial charge on any atom is 0.0802 e. The molecule has 1 aromatic carbocycles. The van der Waals surface area contributed by atoms with E-state index < -0.39 is 6.10 Å². The molecule has 0 aliphatic carbocycles. The van der Waals surface area contributed by atoms with Gasteiger partial charge < -0.3 is 10.0 Å². The maximum absolute atomic E-state index is 10.2. The van der Waals surface area contributed by atoms with Gasteiger partial charge in [0.1, 0.15) is 0 Å². The summed E-state index contributed by atoms with van der Waals surface area (Å²) in [6.45, 7) is 5.65. The van der Waals surface area contributed by atoms with Crippen LogP contribution in [0.5, 0.6) is 0 Å². The first kappa shape index (κ1) is 14.8. The van der Waals surface area contributed by atoms with Gasteiger partial charge in [0, 0.05) is 11.6 Å². The molecule has 1 heterocycles. The standard InChI is InChI=1S/C16H24ClNO/c1-13-4-3-9-18(10-7-13)11-8-16(19)14-5-2-6-15(17)12-14/h2,5-6,12-13,16,19H,3-4,7-11H2,1H3. The number of benzene rings is 1. The van der Waals surface area contributed by atoms with E-state index in [4.69, 9.17) is 11.6 Å². The largest absolute Gasteiger partial charge is 0.388 e. The van der Waals surface area contributed by atoms with Crippen molar-refractivity contribution in [2.24, 2.45) is 5.92 Å². The third-order valence-corrected chi connectivity index (χ3v) is 4.30. The lowest BCUT2D eigenvalue weighted by atomic mass is 10.0. The van der Waals surface area contributed by atoms with Crippen LogP contribution in [0.1, 0.15) is 44.3 Å². The molecule has 19 heavy (non-hydrogen) atoms. The maximum atomic E-state index is 10.2. The van der Waals surface area contributed by atoms with Crippen molar-refractivity contribution in [3.63, 3.8) is 0 Å². The third-order valence-electron chi connectivity index (χ3n) is 4.06. The Hall–Kier alpha value is -0.570. The fourth-order valence-electron chi connectivity index (χ4n) is 2.73. The average molecular weight is 282 g/mol. The SMILES string of the molecule is CC1CCCN(CCC(O)c2cccc(Cl)c2)CC1. The van der Waals surface area contributed by atoms with Crippen molar-refractivity contribution in [2.75, 3.05) is 19.6 Å². The van der Waals surface area contributed by atoms with Crippen molar-refractivity contribution in [2.45, 2.75) is 38.7 Å². The van der Waals surface area contributed by atoms with Gasteiger partial charge >= 0.3 is 0 Å². The molecule has 0 spiro atoms. The number of likely N-dealkylation sites (tertiary alicyclic amines) is 1. The molecule has 1 aliphatic rings. The minimum Gasteiger partial charge on any atom is -0.388 e. The second kappa shape index (κ2) is 7.28. The lowest BCUT2D eigenvalue weighted by Crippen LogP contribution is -2.27. The summed E-state index contributed by atoms with van der Waals surface area (Å²) < 4.78 is 0. The lowest BCUT2D eigenvalue weighted by molar-refractivity contribution is 0.142. The van der Waals surface area contributed by atoms with Gasteiger partial charge in [-0.2, -0.15) is 0 Å². The zero-order valence-corrected chi connectivity index (χ0v) is 12.4. The Morgan fingerprint density at radius 3 is 3.00 bits per heavy atom. The molecule has 1 saturated heterocycles. The Bertz CT molecular complexity index is 396. The first-order valence-corrected chi connectivity index (χ1v) is 7.69. The number of hydrogen-bond acceptors (Lipinski definition) is 2. The molecule has 0 saturated carbocycles. The van der Waals surface area contributed by atoms with Crippen LogP contribution in [0.4, 0.5) is 0 Å². The quantitative estimate of drug-likeness (QED) is 0.905. The molecule has 2 unspecified atom stereocenters.